The number of halogens is 2. The van der Waals surface area contributed by atoms with E-state index in [1.165, 1.54) is 0 Å². The molecule has 1 saturated heterocycles. The number of fused-ring (bicyclic) bond motifs is 1. The van der Waals surface area contributed by atoms with Gasteiger partial charge in [0.2, 0.25) is 5.91 Å². The average Bonchev–Trinajstić information content (AvgIpc) is 3.04. The molecular formula is C13H15Cl2N3OS. The molecule has 2 heterocycles. The molecule has 20 heavy (non-hydrogen) atoms. The summed E-state index contributed by atoms with van der Waals surface area (Å²) in [6.07, 6.45) is 1.99. The van der Waals surface area contributed by atoms with E-state index in [0.29, 0.717) is 11.6 Å². The van der Waals surface area contributed by atoms with Crippen LogP contribution in [0.25, 0.3) is 10.2 Å². The van der Waals surface area contributed by atoms with Crippen molar-refractivity contribution in [2.45, 2.75) is 25.4 Å². The van der Waals surface area contributed by atoms with Crippen molar-refractivity contribution in [3.8, 4) is 0 Å². The number of nitrogens with zero attached hydrogens (tertiary/aromatic N) is 1. The van der Waals surface area contributed by atoms with Gasteiger partial charge in [-0.25, -0.2) is 4.98 Å². The molecule has 1 aromatic carbocycles. The molecule has 1 aliphatic heterocycles. The summed E-state index contributed by atoms with van der Waals surface area (Å²) in [5.74, 6) is 0.0646. The molecule has 7 heteroatoms. The van der Waals surface area contributed by atoms with Crippen LogP contribution >= 0.6 is 35.3 Å². The van der Waals surface area contributed by atoms with Crippen molar-refractivity contribution in [2.75, 3.05) is 6.54 Å². The molecule has 0 saturated carbocycles. The van der Waals surface area contributed by atoms with Crippen LogP contribution in [0.2, 0.25) is 5.02 Å². The molecule has 2 N–H and O–H groups in total. The molecule has 1 atom stereocenters. The zero-order valence-electron chi connectivity index (χ0n) is 10.7. The van der Waals surface area contributed by atoms with Gasteiger partial charge in [-0.1, -0.05) is 11.6 Å². The minimum absolute atomic E-state index is 0. The zero-order valence-corrected chi connectivity index (χ0v) is 13.1. The van der Waals surface area contributed by atoms with Crippen LogP contribution in [-0.2, 0) is 11.3 Å². The SMILES string of the molecule is Cl.O=C(NCc1nc2cc(Cl)ccc2s1)C1CCCN1. The molecule has 2 aromatic rings. The second-order valence-electron chi connectivity index (χ2n) is 4.59. The number of carbonyl (C=O) groups excluding carboxylic acids is 1. The fourth-order valence-electron chi connectivity index (χ4n) is 2.22. The summed E-state index contributed by atoms with van der Waals surface area (Å²) in [5, 5.41) is 7.70. The van der Waals surface area contributed by atoms with E-state index in [4.69, 9.17) is 11.6 Å². The molecule has 0 aliphatic carbocycles. The van der Waals surface area contributed by atoms with E-state index < -0.39 is 0 Å². The molecule has 108 valence electrons. The first-order chi connectivity index (χ1) is 9.22. The molecule has 0 radical (unpaired) electrons. The van der Waals surface area contributed by atoms with Crippen molar-refractivity contribution >= 4 is 51.5 Å². The number of aromatic nitrogens is 1. The molecule has 1 unspecified atom stereocenters. The molecule has 0 spiro atoms. The van der Waals surface area contributed by atoms with E-state index in [-0.39, 0.29) is 24.4 Å². The second kappa shape index (κ2) is 6.72. The number of rotatable bonds is 3. The maximum atomic E-state index is 11.9. The van der Waals surface area contributed by atoms with Crippen LogP contribution in [-0.4, -0.2) is 23.5 Å². The van der Waals surface area contributed by atoms with Crippen LogP contribution in [0.15, 0.2) is 18.2 Å². The van der Waals surface area contributed by atoms with E-state index in [9.17, 15) is 4.79 Å². The Kier molecular flexibility index (Phi) is 5.21. The summed E-state index contributed by atoms with van der Waals surface area (Å²) in [4.78, 5) is 16.3. The van der Waals surface area contributed by atoms with Gasteiger partial charge in [-0.05, 0) is 37.6 Å². The van der Waals surface area contributed by atoms with Crippen molar-refractivity contribution in [2.24, 2.45) is 0 Å². The smallest absolute Gasteiger partial charge is 0.237 e. The maximum Gasteiger partial charge on any atom is 0.237 e. The van der Waals surface area contributed by atoms with Crippen molar-refractivity contribution in [3.05, 3.63) is 28.2 Å². The highest BCUT2D eigenvalue weighted by molar-refractivity contribution is 7.18. The Balaban J connectivity index is 0.00000147. The standard InChI is InChI=1S/C13H14ClN3OS.ClH/c14-8-3-4-11-10(6-8)17-12(19-11)7-16-13(18)9-2-1-5-15-9;/h3-4,6,9,15H,1-2,5,7H2,(H,16,18);1H. The second-order valence-corrected chi connectivity index (χ2v) is 6.14. The zero-order chi connectivity index (χ0) is 13.2. The fraction of sp³-hybridized carbons (Fsp3) is 0.385. The van der Waals surface area contributed by atoms with Crippen molar-refractivity contribution in [1.29, 1.82) is 0 Å². The highest BCUT2D eigenvalue weighted by Crippen LogP contribution is 2.24. The molecule has 0 bridgehead atoms. The lowest BCUT2D eigenvalue weighted by Gasteiger charge is -2.09. The molecule has 1 amide bonds. The number of nitrogens with one attached hydrogen (secondary N) is 2. The van der Waals surface area contributed by atoms with Gasteiger partial charge < -0.3 is 10.6 Å². The quantitative estimate of drug-likeness (QED) is 0.909. The van der Waals surface area contributed by atoms with Crippen molar-refractivity contribution in [3.63, 3.8) is 0 Å². The summed E-state index contributed by atoms with van der Waals surface area (Å²) in [7, 11) is 0. The molecular weight excluding hydrogens is 317 g/mol. The number of thiazole rings is 1. The Hall–Kier alpha value is -0.880. The lowest BCUT2D eigenvalue weighted by molar-refractivity contribution is -0.122. The van der Waals surface area contributed by atoms with Gasteiger partial charge in [0.1, 0.15) is 5.01 Å². The number of amides is 1. The number of benzene rings is 1. The summed E-state index contributed by atoms with van der Waals surface area (Å²) in [6.45, 7) is 1.41. The predicted molar refractivity (Wildman–Crippen MR) is 84.7 cm³/mol. The first-order valence-electron chi connectivity index (χ1n) is 6.28. The van der Waals surface area contributed by atoms with E-state index in [1.54, 1.807) is 11.3 Å². The lowest BCUT2D eigenvalue weighted by atomic mass is 10.2. The first-order valence-corrected chi connectivity index (χ1v) is 7.48. The summed E-state index contributed by atoms with van der Waals surface area (Å²) in [6, 6.07) is 5.62. The van der Waals surface area contributed by atoms with Crippen molar-refractivity contribution in [1.82, 2.24) is 15.6 Å². The van der Waals surface area contributed by atoms with Gasteiger partial charge in [0.25, 0.3) is 0 Å². The lowest BCUT2D eigenvalue weighted by Crippen LogP contribution is -2.39. The Morgan fingerprint density at radius 2 is 2.40 bits per heavy atom. The molecule has 1 fully saturated rings. The van der Waals surface area contributed by atoms with Crippen LogP contribution in [0.4, 0.5) is 0 Å². The number of hydrogen-bond acceptors (Lipinski definition) is 4. The van der Waals surface area contributed by atoms with Crippen LogP contribution in [0, 0.1) is 0 Å². The highest BCUT2D eigenvalue weighted by atomic mass is 35.5. The van der Waals surface area contributed by atoms with Gasteiger partial charge in [-0.15, -0.1) is 23.7 Å². The fourth-order valence-corrected chi connectivity index (χ4v) is 3.27. The third kappa shape index (κ3) is 3.41. The topological polar surface area (TPSA) is 54.0 Å². The Morgan fingerprint density at radius 3 is 3.15 bits per heavy atom. The van der Waals surface area contributed by atoms with Crippen LogP contribution in [0.5, 0.6) is 0 Å². The van der Waals surface area contributed by atoms with Gasteiger partial charge in [-0.2, -0.15) is 0 Å². The van der Waals surface area contributed by atoms with Gasteiger partial charge in [0.05, 0.1) is 22.8 Å². The van der Waals surface area contributed by atoms with Crippen LogP contribution in [0.3, 0.4) is 0 Å². The number of hydrogen-bond donors (Lipinski definition) is 2. The minimum atomic E-state index is -0.0381. The monoisotopic (exact) mass is 331 g/mol. The third-order valence-corrected chi connectivity index (χ3v) is 4.46. The van der Waals surface area contributed by atoms with Crippen molar-refractivity contribution < 1.29 is 4.79 Å². The third-order valence-electron chi connectivity index (χ3n) is 3.18. The first kappa shape index (κ1) is 15.5. The Labute approximate surface area is 132 Å². The Morgan fingerprint density at radius 1 is 1.55 bits per heavy atom. The van der Waals surface area contributed by atoms with E-state index in [1.807, 2.05) is 18.2 Å². The maximum absolute atomic E-state index is 11.9. The van der Waals surface area contributed by atoms with Crippen LogP contribution in [0.1, 0.15) is 17.8 Å². The summed E-state index contributed by atoms with van der Waals surface area (Å²) < 4.78 is 1.09. The largest absolute Gasteiger partial charge is 0.348 e. The predicted octanol–water partition coefficient (Wildman–Crippen LogP) is 2.74. The number of carbonyl (C=O) groups is 1. The molecule has 4 nitrogen and oxygen atoms in total. The normalized spacial score (nSPS) is 17.9. The summed E-state index contributed by atoms with van der Waals surface area (Å²) >= 11 is 7.51. The van der Waals surface area contributed by atoms with Crippen LogP contribution < -0.4 is 10.6 Å². The van der Waals surface area contributed by atoms with Gasteiger partial charge in [0, 0.05) is 5.02 Å². The Bertz CT molecular complexity index is 611. The minimum Gasteiger partial charge on any atom is -0.348 e. The summed E-state index contributed by atoms with van der Waals surface area (Å²) in [5.41, 5.74) is 0.890. The van der Waals surface area contributed by atoms with Gasteiger partial charge in [-0.3, -0.25) is 4.79 Å². The molecule has 1 aromatic heterocycles. The molecule has 1 aliphatic rings. The average molecular weight is 332 g/mol. The van der Waals surface area contributed by atoms with E-state index in [2.05, 4.69) is 15.6 Å². The van der Waals surface area contributed by atoms with E-state index >= 15 is 0 Å². The van der Waals surface area contributed by atoms with Gasteiger partial charge >= 0.3 is 0 Å². The van der Waals surface area contributed by atoms with Gasteiger partial charge in [0.15, 0.2) is 0 Å². The van der Waals surface area contributed by atoms with E-state index in [0.717, 1.165) is 34.6 Å². The molecule has 3 rings (SSSR count). The highest BCUT2D eigenvalue weighted by Gasteiger charge is 2.21.